The van der Waals surface area contributed by atoms with Gasteiger partial charge in [0.05, 0.1) is 31.5 Å². The molecule has 4 heterocycles. The number of methoxy groups -OCH3 is 2. The molecule has 0 saturated carbocycles. The summed E-state index contributed by atoms with van der Waals surface area (Å²) >= 11 is 1.58. The van der Waals surface area contributed by atoms with Crippen LogP contribution in [0.2, 0.25) is 0 Å². The molecule has 0 bridgehead atoms. The van der Waals surface area contributed by atoms with Gasteiger partial charge in [0.15, 0.2) is 5.69 Å². The normalized spacial score (nSPS) is 16.6. The van der Waals surface area contributed by atoms with Crippen LogP contribution in [0.1, 0.15) is 54.7 Å². The van der Waals surface area contributed by atoms with Crippen molar-refractivity contribution >= 4 is 29.3 Å². The number of nitrogens with zero attached hydrogens (tertiary/aromatic N) is 3. The van der Waals surface area contributed by atoms with Crippen LogP contribution >= 0.6 is 11.3 Å². The summed E-state index contributed by atoms with van der Waals surface area (Å²) in [5.74, 6) is 0.896. The Labute approximate surface area is 220 Å². The fourth-order valence-corrected chi connectivity index (χ4v) is 5.70. The zero-order valence-corrected chi connectivity index (χ0v) is 22.4. The number of thiophene rings is 1. The third-order valence-corrected chi connectivity index (χ3v) is 7.56. The van der Waals surface area contributed by atoms with E-state index < -0.39 is 0 Å². The van der Waals surface area contributed by atoms with Gasteiger partial charge >= 0.3 is 5.97 Å². The monoisotopic (exact) mass is 521 g/mol. The lowest BCUT2D eigenvalue weighted by atomic mass is 9.98. The number of likely N-dealkylation sites (tertiary alicyclic amines) is 1. The van der Waals surface area contributed by atoms with Crippen molar-refractivity contribution in [3.05, 3.63) is 51.4 Å². The lowest BCUT2D eigenvalue weighted by Gasteiger charge is -2.23. The lowest BCUT2D eigenvalue weighted by Crippen LogP contribution is -2.33. The molecule has 1 unspecified atom stereocenters. The van der Waals surface area contributed by atoms with Crippen LogP contribution < -0.4 is 9.47 Å². The molecule has 194 valence electrons. The highest BCUT2D eigenvalue weighted by atomic mass is 32.1. The molecular formula is C28H31N3O5S. The Bertz CT molecular complexity index is 1350. The summed E-state index contributed by atoms with van der Waals surface area (Å²) in [5, 5.41) is 8.87. The number of carbonyl (C=O) groups is 2. The van der Waals surface area contributed by atoms with Crippen LogP contribution in [0.15, 0.2) is 34.5 Å². The number of benzene rings is 1. The molecule has 2 aromatic heterocycles. The van der Waals surface area contributed by atoms with E-state index in [1.165, 1.54) is 7.11 Å². The molecule has 9 heteroatoms. The molecule has 0 spiro atoms. The molecule has 2 aliphatic heterocycles. The van der Waals surface area contributed by atoms with Gasteiger partial charge in [-0.1, -0.05) is 11.6 Å². The summed E-state index contributed by atoms with van der Waals surface area (Å²) in [6, 6.07) is 5.95. The summed E-state index contributed by atoms with van der Waals surface area (Å²) in [5.41, 5.74) is 5.86. The average Bonchev–Trinajstić information content (AvgIpc) is 3.49. The first-order valence-corrected chi connectivity index (χ1v) is 13.4. The molecule has 1 aromatic carbocycles. The summed E-state index contributed by atoms with van der Waals surface area (Å²) in [6.07, 6.45) is 4.10. The summed E-state index contributed by atoms with van der Waals surface area (Å²) < 4.78 is 18.6. The molecule has 0 N–H and O–H groups in total. The van der Waals surface area contributed by atoms with Crippen molar-refractivity contribution in [1.29, 1.82) is 0 Å². The van der Waals surface area contributed by atoms with Gasteiger partial charge in [0.1, 0.15) is 18.1 Å². The van der Waals surface area contributed by atoms with Crippen molar-refractivity contribution in [2.24, 2.45) is 5.92 Å². The van der Waals surface area contributed by atoms with Crippen LogP contribution in [0, 0.1) is 5.92 Å². The molecule has 1 saturated heterocycles. The molecule has 37 heavy (non-hydrogen) atoms. The number of amides is 1. The summed E-state index contributed by atoms with van der Waals surface area (Å²) in [6.45, 7) is 5.37. The lowest BCUT2D eigenvalue weighted by molar-refractivity contribution is -0.145. The quantitative estimate of drug-likeness (QED) is 0.422. The minimum atomic E-state index is -0.207. The number of fused-ring (bicyclic) bond motifs is 3. The maximum absolute atomic E-state index is 13.8. The Morgan fingerprint density at radius 2 is 2.03 bits per heavy atom. The van der Waals surface area contributed by atoms with E-state index in [1.807, 2.05) is 52.4 Å². The first-order valence-electron chi connectivity index (χ1n) is 12.4. The molecule has 1 fully saturated rings. The first-order chi connectivity index (χ1) is 17.9. The van der Waals surface area contributed by atoms with Crippen LogP contribution in [0.3, 0.4) is 0 Å². The molecule has 5 rings (SSSR count). The van der Waals surface area contributed by atoms with Crippen molar-refractivity contribution in [3.8, 4) is 28.4 Å². The van der Waals surface area contributed by atoms with Crippen molar-refractivity contribution in [2.45, 2.75) is 39.7 Å². The fraction of sp³-hybridized carbons (Fsp3) is 0.393. The molecule has 0 radical (unpaired) electrons. The van der Waals surface area contributed by atoms with E-state index in [4.69, 9.17) is 19.3 Å². The number of aromatic nitrogens is 2. The van der Waals surface area contributed by atoms with E-state index >= 15 is 0 Å². The van der Waals surface area contributed by atoms with Crippen LogP contribution in [-0.2, 0) is 16.1 Å². The van der Waals surface area contributed by atoms with E-state index in [2.05, 4.69) is 6.08 Å². The Morgan fingerprint density at radius 3 is 2.73 bits per heavy atom. The average molecular weight is 522 g/mol. The Hall–Kier alpha value is -3.59. The van der Waals surface area contributed by atoms with Gasteiger partial charge in [0.2, 0.25) is 0 Å². The molecular weight excluding hydrogens is 490 g/mol. The number of esters is 1. The molecule has 1 amide bonds. The van der Waals surface area contributed by atoms with Crippen molar-refractivity contribution in [2.75, 3.05) is 27.3 Å². The second kappa shape index (κ2) is 10.4. The highest BCUT2D eigenvalue weighted by Gasteiger charge is 2.34. The molecule has 0 aliphatic carbocycles. The van der Waals surface area contributed by atoms with Crippen LogP contribution in [0.5, 0.6) is 11.5 Å². The Kier molecular flexibility index (Phi) is 7.06. The second-order valence-electron chi connectivity index (χ2n) is 9.61. The number of ether oxygens (including phenoxy) is 3. The minimum absolute atomic E-state index is 0.138. The standard InChI is InChI=1S/C28H31N3O5S/c1-17(2)12-19-13-21-24(14-23(19)34-3)36-15-22-25(29-31(26(21)22)20-8-11-37-16-20)27(32)30-9-5-6-18(7-10-30)28(33)35-4/h8,11-14,16,18H,5-7,9-10,15H2,1-4H3. The smallest absolute Gasteiger partial charge is 0.308 e. The Morgan fingerprint density at radius 1 is 1.19 bits per heavy atom. The largest absolute Gasteiger partial charge is 0.496 e. The third kappa shape index (κ3) is 4.75. The number of carbonyl (C=O) groups excluding carboxylic acids is 2. The van der Waals surface area contributed by atoms with Gasteiger partial charge in [-0.15, -0.1) is 0 Å². The predicted octanol–water partition coefficient (Wildman–Crippen LogP) is 5.34. The van der Waals surface area contributed by atoms with Crippen molar-refractivity contribution in [1.82, 2.24) is 14.7 Å². The van der Waals surface area contributed by atoms with Crippen LogP contribution in [0.25, 0.3) is 23.0 Å². The fourth-order valence-electron chi connectivity index (χ4n) is 5.08. The van der Waals surface area contributed by atoms with Gasteiger partial charge in [-0.05, 0) is 50.6 Å². The first kappa shape index (κ1) is 25.1. The van der Waals surface area contributed by atoms with E-state index in [0.29, 0.717) is 37.4 Å². The molecule has 3 aromatic rings. The molecule has 1 atom stereocenters. The highest BCUT2D eigenvalue weighted by molar-refractivity contribution is 7.08. The zero-order chi connectivity index (χ0) is 26.1. The number of allylic oxidation sites excluding steroid dienone is 1. The topological polar surface area (TPSA) is 82.9 Å². The van der Waals surface area contributed by atoms with Gasteiger partial charge in [-0.2, -0.15) is 16.4 Å². The molecule has 8 nitrogen and oxygen atoms in total. The van der Waals surface area contributed by atoms with E-state index in [9.17, 15) is 9.59 Å². The van der Waals surface area contributed by atoms with Gasteiger partial charge in [0.25, 0.3) is 5.91 Å². The van der Waals surface area contributed by atoms with E-state index in [-0.39, 0.29) is 24.4 Å². The third-order valence-electron chi connectivity index (χ3n) is 6.89. The second-order valence-corrected chi connectivity index (χ2v) is 10.4. The number of hydrogen-bond acceptors (Lipinski definition) is 7. The SMILES string of the molecule is COC(=O)C1CCCN(C(=O)c2nn(-c3ccsc3)c3c2COc2cc(OC)c(C=C(C)C)cc2-3)CC1. The predicted molar refractivity (Wildman–Crippen MR) is 142 cm³/mol. The van der Waals surface area contributed by atoms with Gasteiger partial charge in [-0.3, -0.25) is 9.59 Å². The van der Waals surface area contributed by atoms with Crippen LogP contribution in [0.4, 0.5) is 0 Å². The zero-order valence-electron chi connectivity index (χ0n) is 21.6. The number of hydrogen-bond donors (Lipinski definition) is 0. The van der Waals surface area contributed by atoms with Gasteiger partial charge in [-0.25, -0.2) is 4.68 Å². The summed E-state index contributed by atoms with van der Waals surface area (Å²) in [7, 11) is 3.06. The Balaban J connectivity index is 1.59. The highest BCUT2D eigenvalue weighted by Crippen LogP contribution is 2.44. The van der Waals surface area contributed by atoms with Gasteiger partial charge < -0.3 is 19.1 Å². The van der Waals surface area contributed by atoms with E-state index in [1.54, 1.807) is 18.4 Å². The number of rotatable bonds is 5. The minimum Gasteiger partial charge on any atom is -0.496 e. The molecule has 2 aliphatic rings. The maximum atomic E-state index is 13.8. The van der Waals surface area contributed by atoms with Crippen molar-refractivity contribution < 1.29 is 23.8 Å². The van der Waals surface area contributed by atoms with Crippen molar-refractivity contribution in [3.63, 3.8) is 0 Å². The van der Waals surface area contributed by atoms with Crippen LogP contribution in [-0.4, -0.2) is 53.9 Å². The van der Waals surface area contributed by atoms with Gasteiger partial charge in [0, 0.05) is 41.2 Å². The summed E-state index contributed by atoms with van der Waals surface area (Å²) in [4.78, 5) is 27.7. The van der Waals surface area contributed by atoms with E-state index in [0.717, 1.165) is 45.8 Å². The maximum Gasteiger partial charge on any atom is 0.308 e.